The average molecular weight is 266 g/mol. The normalized spacial score (nSPS) is 11.7. The summed E-state index contributed by atoms with van der Waals surface area (Å²) in [6.07, 6.45) is 0. The Bertz CT molecular complexity index is 602. The first-order chi connectivity index (χ1) is 9.74. The number of benzene rings is 2. The molecule has 0 amide bonds. The maximum Gasteiger partial charge on any atom is 0.123 e. The minimum Gasteiger partial charge on any atom is -0.496 e. The molecule has 2 rings (SSSR count). The second-order valence-electron chi connectivity index (χ2n) is 4.65. The largest absolute Gasteiger partial charge is 0.496 e. The van der Waals surface area contributed by atoms with Crippen LogP contribution in [0.3, 0.4) is 0 Å². The third-order valence-electron chi connectivity index (χ3n) is 3.31. The Kier molecular flexibility index (Phi) is 4.75. The van der Waals surface area contributed by atoms with Crippen molar-refractivity contribution in [3.05, 3.63) is 65.2 Å². The van der Waals surface area contributed by atoms with Gasteiger partial charge in [-0.2, -0.15) is 5.26 Å². The fourth-order valence-electron chi connectivity index (χ4n) is 2.11. The van der Waals surface area contributed by atoms with E-state index in [2.05, 4.69) is 30.4 Å². The van der Waals surface area contributed by atoms with Crippen LogP contribution in [0.15, 0.2) is 48.5 Å². The number of ether oxygens (including phenoxy) is 1. The Labute approximate surface area is 119 Å². The molecule has 0 bridgehead atoms. The fraction of sp³-hybridized carbons (Fsp3) is 0.235. The van der Waals surface area contributed by atoms with E-state index in [9.17, 15) is 0 Å². The molecule has 102 valence electrons. The van der Waals surface area contributed by atoms with Gasteiger partial charge in [-0.15, -0.1) is 0 Å². The molecule has 0 aliphatic rings. The summed E-state index contributed by atoms with van der Waals surface area (Å²) in [4.78, 5) is 0. The summed E-state index contributed by atoms with van der Waals surface area (Å²) in [7, 11) is 1.64. The topological polar surface area (TPSA) is 45.0 Å². The van der Waals surface area contributed by atoms with E-state index >= 15 is 0 Å². The number of rotatable bonds is 5. The summed E-state index contributed by atoms with van der Waals surface area (Å²) < 4.78 is 5.33. The predicted octanol–water partition coefficient (Wildman–Crippen LogP) is 3.42. The van der Waals surface area contributed by atoms with Gasteiger partial charge in [-0.05, 0) is 30.7 Å². The molecule has 0 radical (unpaired) electrons. The number of nitriles is 1. The molecule has 0 aliphatic heterocycles. The van der Waals surface area contributed by atoms with Crippen molar-refractivity contribution in [1.29, 1.82) is 5.26 Å². The van der Waals surface area contributed by atoms with Crippen LogP contribution in [0.4, 0.5) is 0 Å². The second kappa shape index (κ2) is 6.74. The standard InChI is InChI=1S/C17H18N2O/c1-13(15-6-4-3-5-7-15)19-12-16-10-14(11-18)8-9-17(16)20-2/h3-10,13,19H,12H2,1-2H3. The van der Waals surface area contributed by atoms with Crippen molar-refractivity contribution in [2.24, 2.45) is 0 Å². The van der Waals surface area contributed by atoms with Crippen LogP contribution in [0.25, 0.3) is 0 Å². The van der Waals surface area contributed by atoms with Gasteiger partial charge in [-0.25, -0.2) is 0 Å². The third kappa shape index (κ3) is 3.37. The Hall–Kier alpha value is -2.31. The zero-order chi connectivity index (χ0) is 14.4. The second-order valence-corrected chi connectivity index (χ2v) is 4.65. The van der Waals surface area contributed by atoms with E-state index in [-0.39, 0.29) is 6.04 Å². The van der Waals surface area contributed by atoms with E-state index in [1.54, 1.807) is 13.2 Å². The van der Waals surface area contributed by atoms with Gasteiger partial charge in [0.05, 0.1) is 18.7 Å². The molecule has 2 aromatic rings. The minimum atomic E-state index is 0.242. The van der Waals surface area contributed by atoms with Crippen molar-refractivity contribution in [1.82, 2.24) is 5.32 Å². The highest BCUT2D eigenvalue weighted by Gasteiger charge is 2.08. The number of nitrogens with zero attached hydrogens (tertiary/aromatic N) is 1. The molecule has 2 aromatic carbocycles. The SMILES string of the molecule is COc1ccc(C#N)cc1CNC(C)c1ccccc1. The highest BCUT2D eigenvalue weighted by Crippen LogP contribution is 2.21. The van der Waals surface area contributed by atoms with E-state index in [0.29, 0.717) is 12.1 Å². The lowest BCUT2D eigenvalue weighted by Crippen LogP contribution is -2.18. The zero-order valence-electron chi connectivity index (χ0n) is 11.8. The first kappa shape index (κ1) is 14.1. The van der Waals surface area contributed by atoms with E-state index < -0.39 is 0 Å². The van der Waals surface area contributed by atoms with Crippen LogP contribution in [0.5, 0.6) is 5.75 Å². The number of hydrogen-bond donors (Lipinski definition) is 1. The lowest BCUT2D eigenvalue weighted by Gasteiger charge is -2.16. The highest BCUT2D eigenvalue weighted by atomic mass is 16.5. The van der Waals surface area contributed by atoms with Crippen molar-refractivity contribution < 1.29 is 4.74 Å². The van der Waals surface area contributed by atoms with Gasteiger partial charge < -0.3 is 10.1 Å². The van der Waals surface area contributed by atoms with Gasteiger partial charge in [0.15, 0.2) is 0 Å². The summed E-state index contributed by atoms with van der Waals surface area (Å²) in [5, 5.41) is 12.4. The smallest absolute Gasteiger partial charge is 0.123 e. The minimum absolute atomic E-state index is 0.242. The van der Waals surface area contributed by atoms with Gasteiger partial charge in [-0.3, -0.25) is 0 Å². The van der Waals surface area contributed by atoms with Crippen molar-refractivity contribution in [3.63, 3.8) is 0 Å². The lowest BCUT2D eigenvalue weighted by atomic mass is 10.1. The van der Waals surface area contributed by atoms with Crippen LogP contribution < -0.4 is 10.1 Å². The van der Waals surface area contributed by atoms with Crippen LogP contribution in [0, 0.1) is 11.3 Å². The van der Waals surface area contributed by atoms with Crippen molar-refractivity contribution in [2.45, 2.75) is 19.5 Å². The Morgan fingerprint density at radius 1 is 1.20 bits per heavy atom. The van der Waals surface area contributed by atoms with Crippen molar-refractivity contribution in [2.75, 3.05) is 7.11 Å². The fourth-order valence-corrected chi connectivity index (χ4v) is 2.11. The monoisotopic (exact) mass is 266 g/mol. The molecule has 0 heterocycles. The summed E-state index contributed by atoms with van der Waals surface area (Å²) in [6.45, 7) is 2.78. The maximum atomic E-state index is 8.97. The molecular weight excluding hydrogens is 248 g/mol. The van der Waals surface area contributed by atoms with E-state index in [1.807, 2.05) is 30.3 Å². The molecule has 0 fully saturated rings. The van der Waals surface area contributed by atoms with Gasteiger partial charge in [0, 0.05) is 18.2 Å². The molecule has 0 saturated heterocycles. The summed E-state index contributed by atoms with van der Waals surface area (Å²) in [6, 6.07) is 18.1. The van der Waals surface area contributed by atoms with Crippen LogP contribution in [-0.2, 0) is 6.54 Å². The average Bonchev–Trinajstić information content (AvgIpc) is 2.53. The molecule has 0 aromatic heterocycles. The molecule has 1 atom stereocenters. The molecule has 20 heavy (non-hydrogen) atoms. The van der Waals surface area contributed by atoms with E-state index in [0.717, 1.165) is 11.3 Å². The Balaban J connectivity index is 2.09. The summed E-state index contributed by atoms with van der Waals surface area (Å²) in [5.74, 6) is 0.803. The number of nitrogens with one attached hydrogen (secondary N) is 1. The van der Waals surface area contributed by atoms with Gasteiger partial charge in [0.25, 0.3) is 0 Å². The van der Waals surface area contributed by atoms with Crippen LogP contribution in [0.1, 0.15) is 29.7 Å². The summed E-state index contributed by atoms with van der Waals surface area (Å²) in [5.41, 5.74) is 2.88. The highest BCUT2D eigenvalue weighted by molar-refractivity contribution is 5.42. The zero-order valence-corrected chi connectivity index (χ0v) is 11.8. The first-order valence-corrected chi connectivity index (χ1v) is 6.60. The van der Waals surface area contributed by atoms with E-state index in [1.165, 1.54) is 5.56 Å². The molecule has 0 aliphatic carbocycles. The van der Waals surface area contributed by atoms with E-state index in [4.69, 9.17) is 10.00 Å². The van der Waals surface area contributed by atoms with Crippen LogP contribution in [-0.4, -0.2) is 7.11 Å². The number of methoxy groups -OCH3 is 1. The van der Waals surface area contributed by atoms with Crippen LogP contribution in [0.2, 0.25) is 0 Å². The third-order valence-corrected chi connectivity index (χ3v) is 3.31. The predicted molar refractivity (Wildman–Crippen MR) is 79.4 cm³/mol. The maximum absolute atomic E-state index is 8.97. The molecule has 1 N–H and O–H groups in total. The van der Waals surface area contributed by atoms with Crippen LogP contribution >= 0.6 is 0 Å². The Morgan fingerprint density at radius 2 is 1.95 bits per heavy atom. The molecule has 3 nitrogen and oxygen atoms in total. The number of hydrogen-bond acceptors (Lipinski definition) is 3. The van der Waals surface area contributed by atoms with Gasteiger partial charge >= 0.3 is 0 Å². The molecule has 3 heteroatoms. The Morgan fingerprint density at radius 3 is 2.60 bits per heavy atom. The first-order valence-electron chi connectivity index (χ1n) is 6.60. The van der Waals surface area contributed by atoms with Gasteiger partial charge in [0.1, 0.15) is 5.75 Å². The summed E-state index contributed by atoms with van der Waals surface area (Å²) >= 11 is 0. The molecular formula is C17H18N2O. The molecule has 1 unspecified atom stereocenters. The van der Waals surface area contributed by atoms with Crippen molar-refractivity contribution >= 4 is 0 Å². The molecule has 0 saturated carbocycles. The van der Waals surface area contributed by atoms with Gasteiger partial charge in [0.2, 0.25) is 0 Å². The quantitative estimate of drug-likeness (QED) is 0.902. The van der Waals surface area contributed by atoms with Gasteiger partial charge in [-0.1, -0.05) is 30.3 Å². The lowest BCUT2D eigenvalue weighted by molar-refractivity contribution is 0.406. The molecule has 0 spiro atoms. The van der Waals surface area contributed by atoms with Crippen molar-refractivity contribution in [3.8, 4) is 11.8 Å².